The third kappa shape index (κ3) is 2.32. The Morgan fingerprint density at radius 2 is 2.00 bits per heavy atom. The number of hydrogen-bond donors (Lipinski definition) is 0. The van der Waals surface area contributed by atoms with Crippen LogP contribution < -0.4 is 0 Å². The van der Waals surface area contributed by atoms with Crippen LogP contribution in [0.5, 0.6) is 0 Å². The number of fused-ring (bicyclic) bond motifs is 1. The minimum absolute atomic E-state index is 0.794. The van der Waals surface area contributed by atoms with Gasteiger partial charge in [-0.1, -0.05) is 23.9 Å². The van der Waals surface area contributed by atoms with E-state index in [-0.39, 0.29) is 0 Å². The van der Waals surface area contributed by atoms with Crippen LogP contribution in [0.3, 0.4) is 0 Å². The monoisotopic (exact) mass is 383 g/mol. The second-order valence-corrected chi connectivity index (χ2v) is 6.26. The van der Waals surface area contributed by atoms with Gasteiger partial charge in [-0.2, -0.15) is 0 Å². The van der Waals surface area contributed by atoms with Crippen LogP contribution in [0, 0.1) is 0 Å². The molecular weight excluding hydrogens is 378 g/mol. The molecule has 2 aromatic heterocycles. The molecule has 3 nitrogen and oxygen atoms in total. The summed E-state index contributed by atoms with van der Waals surface area (Å²) in [7, 11) is 0. The lowest BCUT2D eigenvalue weighted by atomic mass is 10.4. The average molecular weight is 385 g/mol. The Morgan fingerprint density at radius 1 is 1.17 bits per heavy atom. The van der Waals surface area contributed by atoms with Crippen LogP contribution in [0.15, 0.2) is 61.9 Å². The van der Waals surface area contributed by atoms with Gasteiger partial charge in [-0.05, 0) is 44.0 Å². The van der Waals surface area contributed by atoms with Crippen molar-refractivity contribution < 1.29 is 0 Å². The van der Waals surface area contributed by atoms with E-state index in [1.165, 1.54) is 0 Å². The first-order valence-electron chi connectivity index (χ1n) is 5.15. The van der Waals surface area contributed by atoms with Crippen LogP contribution in [-0.4, -0.2) is 14.4 Å². The Hall–Kier alpha value is -0.850. The molecule has 0 N–H and O–H groups in total. The first kappa shape index (κ1) is 12.2. The highest BCUT2D eigenvalue weighted by Gasteiger charge is 2.09. The SMILES string of the molecule is Brc1cn2ccnc2c(Sc2ccccc2Br)n1. The molecular formula is C12H7Br2N3S. The Kier molecular flexibility index (Phi) is 3.41. The van der Waals surface area contributed by atoms with Gasteiger partial charge < -0.3 is 4.40 Å². The maximum atomic E-state index is 4.49. The molecule has 2 heterocycles. The van der Waals surface area contributed by atoms with Crippen molar-refractivity contribution in [3.05, 3.63) is 51.9 Å². The number of hydrogen-bond acceptors (Lipinski definition) is 3. The summed E-state index contributed by atoms with van der Waals surface area (Å²) in [4.78, 5) is 9.93. The van der Waals surface area contributed by atoms with Crippen molar-refractivity contribution >= 4 is 49.3 Å². The van der Waals surface area contributed by atoms with E-state index in [4.69, 9.17) is 0 Å². The lowest BCUT2D eigenvalue weighted by Gasteiger charge is -2.05. The molecule has 0 aliphatic rings. The Balaban J connectivity index is 2.10. The zero-order valence-electron chi connectivity index (χ0n) is 9.05. The van der Waals surface area contributed by atoms with Gasteiger partial charge in [0.2, 0.25) is 0 Å². The number of nitrogens with zero attached hydrogens (tertiary/aromatic N) is 3. The van der Waals surface area contributed by atoms with Gasteiger partial charge in [0, 0.05) is 28.0 Å². The van der Waals surface area contributed by atoms with Crippen LogP contribution in [-0.2, 0) is 0 Å². The molecule has 0 saturated heterocycles. The Morgan fingerprint density at radius 3 is 2.83 bits per heavy atom. The van der Waals surface area contributed by atoms with Crippen LogP contribution >= 0.6 is 43.6 Å². The van der Waals surface area contributed by atoms with Crippen LogP contribution in [0.25, 0.3) is 5.65 Å². The third-order valence-electron chi connectivity index (χ3n) is 2.36. The molecule has 0 aliphatic heterocycles. The predicted molar refractivity (Wildman–Crippen MR) is 79.0 cm³/mol. The number of benzene rings is 1. The number of aromatic nitrogens is 3. The van der Waals surface area contributed by atoms with Gasteiger partial charge in [0.25, 0.3) is 0 Å². The molecule has 0 atom stereocenters. The highest BCUT2D eigenvalue weighted by Crippen LogP contribution is 2.34. The second kappa shape index (κ2) is 5.03. The maximum absolute atomic E-state index is 4.49. The quantitative estimate of drug-likeness (QED) is 0.655. The van der Waals surface area contributed by atoms with E-state index < -0.39 is 0 Å². The highest BCUT2D eigenvalue weighted by molar-refractivity contribution is 9.10. The van der Waals surface area contributed by atoms with Gasteiger partial charge in [-0.3, -0.25) is 0 Å². The summed E-state index contributed by atoms with van der Waals surface area (Å²) in [6.45, 7) is 0. The summed E-state index contributed by atoms with van der Waals surface area (Å²) in [6, 6.07) is 8.07. The standard InChI is InChI=1S/C12H7Br2N3S/c13-8-3-1-2-4-9(8)18-12-11-15-5-6-17(11)7-10(14)16-12/h1-7H. The highest BCUT2D eigenvalue weighted by atomic mass is 79.9. The van der Waals surface area contributed by atoms with E-state index in [0.717, 1.165) is 24.6 Å². The summed E-state index contributed by atoms with van der Waals surface area (Å²) in [5, 5.41) is 0.876. The third-order valence-corrected chi connectivity index (χ3v) is 4.74. The van der Waals surface area contributed by atoms with Crippen molar-refractivity contribution in [1.82, 2.24) is 14.4 Å². The van der Waals surface area contributed by atoms with Crippen molar-refractivity contribution in [2.45, 2.75) is 9.92 Å². The molecule has 0 radical (unpaired) electrons. The van der Waals surface area contributed by atoms with E-state index in [9.17, 15) is 0 Å². The Labute approximate surface area is 125 Å². The zero-order valence-corrected chi connectivity index (χ0v) is 13.0. The molecule has 0 saturated carbocycles. The van der Waals surface area contributed by atoms with Crippen molar-refractivity contribution in [1.29, 1.82) is 0 Å². The van der Waals surface area contributed by atoms with E-state index in [1.54, 1.807) is 18.0 Å². The van der Waals surface area contributed by atoms with Gasteiger partial charge in [-0.25, -0.2) is 9.97 Å². The number of imidazole rings is 1. The first-order valence-corrected chi connectivity index (χ1v) is 7.56. The molecule has 90 valence electrons. The molecule has 0 bridgehead atoms. The van der Waals surface area contributed by atoms with Crippen LogP contribution in [0.1, 0.15) is 0 Å². The fourth-order valence-electron chi connectivity index (χ4n) is 1.57. The fraction of sp³-hybridized carbons (Fsp3) is 0. The van der Waals surface area contributed by atoms with E-state index in [0.29, 0.717) is 0 Å². The number of rotatable bonds is 2. The lowest BCUT2D eigenvalue weighted by Crippen LogP contribution is -1.91. The molecule has 0 spiro atoms. The molecule has 1 aromatic carbocycles. The summed E-state index contributed by atoms with van der Waals surface area (Å²) in [5.41, 5.74) is 0.860. The first-order chi connectivity index (χ1) is 8.74. The van der Waals surface area contributed by atoms with Crippen LogP contribution in [0.2, 0.25) is 0 Å². The van der Waals surface area contributed by atoms with Crippen molar-refractivity contribution in [3.8, 4) is 0 Å². The average Bonchev–Trinajstić information content (AvgIpc) is 2.80. The second-order valence-electron chi connectivity index (χ2n) is 3.56. The summed E-state index contributed by atoms with van der Waals surface area (Å²) >= 11 is 8.55. The molecule has 3 aromatic rings. The summed E-state index contributed by atoms with van der Waals surface area (Å²) in [5.74, 6) is 0. The normalized spacial score (nSPS) is 11.0. The lowest BCUT2D eigenvalue weighted by molar-refractivity contribution is 1.01. The molecule has 3 rings (SSSR count). The van der Waals surface area contributed by atoms with Gasteiger partial charge in [0.05, 0.1) is 0 Å². The van der Waals surface area contributed by atoms with E-state index >= 15 is 0 Å². The molecule has 0 amide bonds. The molecule has 0 aliphatic carbocycles. The molecule has 18 heavy (non-hydrogen) atoms. The predicted octanol–water partition coefficient (Wildman–Crippen LogP) is 4.41. The van der Waals surface area contributed by atoms with Gasteiger partial charge in [0.15, 0.2) is 5.65 Å². The minimum Gasteiger partial charge on any atom is -0.302 e. The van der Waals surface area contributed by atoms with E-state index in [2.05, 4.69) is 47.9 Å². The maximum Gasteiger partial charge on any atom is 0.170 e. The largest absolute Gasteiger partial charge is 0.302 e. The minimum atomic E-state index is 0.794. The van der Waals surface area contributed by atoms with Gasteiger partial charge >= 0.3 is 0 Å². The zero-order chi connectivity index (χ0) is 12.5. The number of halogens is 2. The van der Waals surface area contributed by atoms with E-state index in [1.807, 2.05) is 35.0 Å². The van der Waals surface area contributed by atoms with Crippen molar-refractivity contribution in [2.75, 3.05) is 0 Å². The van der Waals surface area contributed by atoms with Crippen LogP contribution in [0.4, 0.5) is 0 Å². The fourth-order valence-corrected chi connectivity index (χ4v) is 3.53. The molecule has 6 heteroatoms. The molecule has 0 fully saturated rings. The Bertz CT molecular complexity index is 711. The summed E-state index contributed by atoms with van der Waals surface area (Å²) in [6.07, 6.45) is 5.58. The smallest absolute Gasteiger partial charge is 0.170 e. The van der Waals surface area contributed by atoms with Crippen molar-refractivity contribution in [2.24, 2.45) is 0 Å². The topological polar surface area (TPSA) is 30.2 Å². The summed E-state index contributed by atoms with van der Waals surface area (Å²) < 4.78 is 3.81. The van der Waals surface area contributed by atoms with Gasteiger partial charge in [0.1, 0.15) is 9.63 Å². The van der Waals surface area contributed by atoms with Gasteiger partial charge in [-0.15, -0.1) is 0 Å². The van der Waals surface area contributed by atoms with Crippen molar-refractivity contribution in [3.63, 3.8) is 0 Å². The molecule has 0 unspecified atom stereocenters.